The van der Waals surface area contributed by atoms with Crippen LogP contribution in [0.1, 0.15) is 11.3 Å². The van der Waals surface area contributed by atoms with Crippen molar-refractivity contribution < 1.29 is 9.21 Å². The molecule has 5 nitrogen and oxygen atoms in total. The van der Waals surface area contributed by atoms with Crippen molar-refractivity contribution in [3.8, 4) is 0 Å². The maximum atomic E-state index is 12.2. The Morgan fingerprint density at radius 3 is 2.54 bits per heavy atom. The molecular formula is C18H22ClN3O2. The lowest BCUT2D eigenvalue weighted by atomic mass is 10.1. The maximum absolute atomic E-state index is 12.2. The highest BCUT2D eigenvalue weighted by Gasteiger charge is 2.21. The fourth-order valence-electron chi connectivity index (χ4n) is 2.81. The van der Waals surface area contributed by atoms with Gasteiger partial charge in [-0.05, 0) is 36.2 Å². The molecule has 2 heterocycles. The van der Waals surface area contributed by atoms with Crippen LogP contribution in [0.3, 0.4) is 0 Å². The van der Waals surface area contributed by atoms with Gasteiger partial charge in [-0.2, -0.15) is 0 Å². The first-order valence-electron chi connectivity index (χ1n) is 8.23. The van der Waals surface area contributed by atoms with Gasteiger partial charge in [-0.15, -0.1) is 0 Å². The molecule has 1 aromatic heterocycles. The average molecular weight is 348 g/mol. The Balaban J connectivity index is 1.36. The Hall–Kier alpha value is -1.98. The van der Waals surface area contributed by atoms with Crippen molar-refractivity contribution in [3.05, 3.63) is 59.0 Å². The summed E-state index contributed by atoms with van der Waals surface area (Å²) in [4.78, 5) is 16.4. The summed E-state index contributed by atoms with van der Waals surface area (Å²) in [5.41, 5.74) is 1.17. The largest absolute Gasteiger partial charge is 0.468 e. The lowest BCUT2D eigenvalue weighted by Crippen LogP contribution is -2.51. The molecule has 1 fully saturated rings. The number of hydrogen-bond acceptors (Lipinski definition) is 3. The number of rotatable bonds is 5. The predicted molar refractivity (Wildman–Crippen MR) is 94.1 cm³/mol. The fraction of sp³-hybridized carbons (Fsp3) is 0.389. The van der Waals surface area contributed by atoms with Crippen LogP contribution >= 0.6 is 11.6 Å². The minimum atomic E-state index is 0.0154. The smallest absolute Gasteiger partial charge is 0.317 e. The maximum Gasteiger partial charge on any atom is 0.317 e. The van der Waals surface area contributed by atoms with Crippen molar-refractivity contribution >= 4 is 17.6 Å². The summed E-state index contributed by atoms with van der Waals surface area (Å²) in [6.07, 6.45) is 2.50. The van der Waals surface area contributed by atoms with Crippen LogP contribution in [0.5, 0.6) is 0 Å². The number of furan rings is 1. The molecule has 3 rings (SSSR count). The highest BCUT2D eigenvalue weighted by Crippen LogP contribution is 2.10. The van der Waals surface area contributed by atoms with Crippen molar-refractivity contribution in [1.29, 1.82) is 0 Å². The van der Waals surface area contributed by atoms with E-state index < -0.39 is 0 Å². The van der Waals surface area contributed by atoms with Crippen LogP contribution in [-0.4, -0.2) is 48.6 Å². The molecule has 128 valence electrons. The summed E-state index contributed by atoms with van der Waals surface area (Å²) in [5, 5.41) is 3.72. The molecule has 0 bridgehead atoms. The van der Waals surface area contributed by atoms with E-state index in [1.54, 1.807) is 6.26 Å². The number of hydrogen-bond donors (Lipinski definition) is 1. The molecule has 6 heteroatoms. The summed E-state index contributed by atoms with van der Waals surface area (Å²) in [6.45, 7) is 4.66. The van der Waals surface area contributed by atoms with E-state index in [1.807, 2.05) is 41.3 Å². The zero-order valence-corrected chi connectivity index (χ0v) is 14.3. The lowest BCUT2D eigenvalue weighted by molar-refractivity contribution is 0.130. The monoisotopic (exact) mass is 347 g/mol. The molecule has 1 aromatic carbocycles. The number of amides is 2. The summed E-state index contributed by atoms with van der Waals surface area (Å²) in [6, 6.07) is 11.6. The topological polar surface area (TPSA) is 48.7 Å². The third-order valence-electron chi connectivity index (χ3n) is 4.22. The van der Waals surface area contributed by atoms with Crippen molar-refractivity contribution in [1.82, 2.24) is 15.1 Å². The Bertz CT molecular complexity index is 635. The number of nitrogens with one attached hydrogen (secondary N) is 1. The number of benzene rings is 1. The Morgan fingerprint density at radius 2 is 1.88 bits per heavy atom. The van der Waals surface area contributed by atoms with Gasteiger partial charge in [0.1, 0.15) is 5.76 Å². The SMILES string of the molecule is O=C(NCCc1ccc(Cl)cc1)N1CCN(Cc2ccco2)CC1. The molecule has 0 saturated carbocycles. The summed E-state index contributed by atoms with van der Waals surface area (Å²) in [7, 11) is 0. The van der Waals surface area contributed by atoms with Gasteiger partial charge >= 0.3 is 6.03 Å². The van der Waals surface area contributed by atoms with Crippen LogP contribution in [0.15, 0.2) is 47.1 Å². The standard InChI is InChI=1S/C18H22ClN3O2/c19-16-5-3-15(4-6-16)7-8-20-18(23)22-11-9-21(10-12-22)14-17-2-1-13-24-17/h1-6,13H,7-12,14H2,(H,20,23). The molecule has 0 atom stereocenters. The molecule has 1 aliphatic heterocycles. The fourth-order valence-corrected chi connectivity index (χ4v) is 2.93. The molecule has 1 saturated heterocycles. The quantitative estimate of drug-likeness (QED) is 0.904. The second-order valence-electron chi connectivity index (χ2n) is 5.95. The lowest BCUT2D eigenvalue weighted by Gasteiger charge is -2.34. The summed E-state index contributed by atoms with van der Waals surface area (Å²) in [5.74, 6) is 0.968. The summed E-state index contributed by atoms with van der Waals surface area (Å²) >= 11 is 5.87. The third kappa shape index (κ3) is 4.76. The van der Waals surface area contributed by atoms with Crippen molar-refractivity contribution in [3.63, 3.8) is 0 Å². The highest BCUT2D eigenvalue weighted by atomic mass is 35.5. The highest BCUT2D eigenvalue weighted by molar-refractivity contribution is 6.30. The number of nitrogens with zero attached hydrogens (tertiary/aromatic N) is 2. The molecule has 24 heavy (non-hydrogen) atoms. The van der Waals surface area contributed by atoms with Gasteiger partial charge in [0.15, 0.2) is 0 Å². The zero-order chi connectivity index (χ0) is 16.8. The van der Waals surface area contributed by atoms with Crippen molar-refractivity contribution in [2.45, 2.75) is 13.0 Å². The van der Waals surface area contributed by atoms with Gasteiger partial charge in [-0.3, -0.25) is 4.90 Å². The third-order valence-corrected chi connectivity index (χ3v) is 4.47. The van der Waals surface area contributed by atoms with Crippen molar-refractivity contribution in [2.75, 3.05) is 32.7 Å². The van der Waals surface area contributed by atoms with Crippen molar-refractivity contribution in [2.24, 2.45) is 0 Å². The van der Waals surface area contributed by atoms with Gasteiger partial charge in [0.05, 0.1) is 12.8 Å². The first kappa shape index (κ1) is 16.9. The Labute approximate surface area is 147 Å². The summed E-state index contributed by atoms with van der Waals surface area (Å²) < 4.78 is 5.37. The normalized spacial score (nSPS) is 15.5. The van der Waals surface area contributed by atoms with E-state index in [0.717, 1.165) is 49.9 Å². The van der Waals surface area contributed by atoms with E-state index in [2.05, 4.69) is 10.2 Å². The van der Waals surface area contributed by atoms with Crippen LogP contribution < -0.4 is 5.32 Å². The van der Waals surface area contributed by atoms with Gasteiger partial charge in [0.2, 0.25) is 0 Å². The molecule has 1 aliphatic rings. The number of carbonyl (C=O) groups excluding carboxylic acids is 1. The minimum Gasteiger partial charge on any atom is -0.468 e. The van der Waals surface area contributed by atoms with E-state index in [9.17, 15) is 4.79 Å². The van der Waals surface area contributed by atoms with E-state index >= 15 is 0 Å². The van der Waals surface area contributed by atoms with Crippen LogP contribution in [0, 0.1) is 0 Å². The van der Waals surface area contributed by atoms with Gasteiger partial charge in [-0.1, -0.05) is 23.7 Å². The second-order valence-corrected chi connectivity index (χ2v) is 6.39. The molecule has 0 aliphatic carbocycles. The van der Waals surface area contributed by atoms with Gasteiger partial charge in [0, 0.05) is 37.7 Å². The average Bonchev–Trinajstić information content (AvgIpc) is 3.10. The van der Waals surface area contributed by atoms with E-state index in [-0.39, 0.29) is 6.03 Å². The van der Waals surface area contributed by atoms with Crippen LogP contribution in [-0.2, 0) is 13.0 Å². The molecular weight excluding hydrogens is 326 g/mol. The Morgan fingerprint density at radius 1 is 1.12 bits per heavy atom. The van der Waals surface area contributed by atoms with Crippen LogP contribution in [0.4, 0.5) is 4.79 Å². The molecule has 0 radical (unpaired) electrons. The predicted octanol–water partition coefficient (Wildman–Crippen LogP) is 3.00. The van der Waals surface area contributed by atoms with E-state index in [0.29, 0.717) is 6.54 Å². The van der Waals surface area contributed by atoms with Crippen LogP contribution in [0.25, 0.3) is 0 Å². The first-order valence-corrected chi connectivity index (χ1v) is 8.60. The molecule has 1 N–H and O–H groups in total. The molecule has 0 spiro atoms. The van der Waals surface area contributed by atoms with Crippen LogP contribution in [0.2, 0.25) is 5.02 Å². The van der Waals surface area contributed by atoms with Gasteiger partial charge < -0.3 is 14.6 Å². The minimum absolute atomic E-state index is 0.0154. The number of carbonyl (C=O) groups is 1. The zero-order valence-electron chi connectivity index (χ0n) is 13.6. The van der Waals surface area contributed by atoms with Gasteiger partial charge in [-0.25, -0.2) is 4.79 Å². The number of piperazine rings is 1. The second kappa shape index (κ2) is 8.22. The molecule has 0 unspecified atom stereocenters. The van der Waals surface area contributed by atoms with E-state index in [4.69, 9.17) is 16.0 Å². The Kier molecular flexibility index (Phi) is 5.77. The number of urea groups is 1. The van der Waals surface area contributed by atoms with Gasteiger partial charge in [0.25, 0.3) is 0 Å². The molecule has 2 aromatic rings. The molecule has 2 amide bonds. The van der Waals surface area contributed by atoms with E-state index in [1.165, 1.54) is 5.56 Å². The first-order chi connectivity index (χ1) is 11.7. The number of halogens is 1.